The Bertz CT molecular complexity index is 632. The average molecular weight is 450 g/mol. The standard InChI is InChI=1S/C22H32BrN3O2/c1-2-28-22(27)21(25-24-18-15-13-17(23)14-16-18)26(19-9-5-3-6-10-19)20-11-7-4-8-12-20/h13-16,19-20,24H,2-12H2,1H3/b25-21-. The van der Waals surface area contributed by atoms with E-state index in [-0.39, 0.29) is 5.97 Å². The summed E-state index contributed by atoms with van der Waals surface area (Å²) in [6.45, 7) is 2.21. The summed E-state index contributed by atoms with van der Waals surface area (Å²) in [4.78, 5) is 15.2. The highest BCUT2D eigenvalue weighted by Gasteiger charge is 2.35. The minimum absolute atomic E-state index is 0.316. The molecule has 0 spiro atoms. The number of hydrogen-bond donors (Lipinski definition) is 1. The fourth-order valence-electron chi connectivity index (χ4n) is 4.41. The van der Waals surface area contributed by atoms with Gasteiger partial charge in [-0.2, -0.15) is 0 Å². The second-order valence-corrected chi connectivity index (χ2v) is 8.68. The zero-order valence-corrected chi connectivity index (χ0v) is 18.4. The minimum atomic E-state index is -0.316. The monoisotopic (exact) mass is 449 g/mol. The summed E-state index contributed by atoms with van der Waals surface area (Å²) in [5, 5.41) is 4.60. The molecule has 0 aromatic heterocycles. The fourth-order valence-corrected chi connectivity index (χ4v) is 4.67. The zero-order chi connectivity index (χ0) is 19.8. The van der Waals surface area contributed by atoms with E-state index in [0.29, 0.717) is 24.5 Å². The van der Waals surface area contributed by atoms with Crippen molar-refractivity contribution in [1.82, 2.24) is 4.90 Å². The molecule has 6 heteroatoms. The van der Waals surface area contributed by atoms with Gasteiger partial charge in [0.2, 0.25) is 5.84 Å². The van der Waals surface area contributed by atoms with E-state index in [1.165, 1.54) is 38.5 Å². The van der Waals surface area contributed by atoms with Gasteiger partial charge in [-0.15, -0.1) is 5.10 Å². The molecule has 3 rings (SSSR count). The number of ether oxygens (including phenoxy) is 1. The van der Waals surface area contributed by atoms with Crippen LogP contribution in [-0.2, 0) is 9.53 Å². The van der Waals surface area contributed by atoms with Crippen LogP contribution in [0.3, 0.4) is 0 Å². The van der Waals surface area contributed by atoms with E-state index in [0.717, 1.165) is 35.8 Å². The third-order valence-electron chi connectivity index (χ3n) is 5.77. The molecule has 2 fully saturated rings. The summed E-state index contributed by atoms with van der Waals surface area (Å²) in [5.41, 5.74) is 3.95. The molecule has 0 atom stereocenters. The van der Waals surface area contributed by atoms with Gasteiger partial charge in [-0.1, -0.05) is 54.5 Å². The van der Waals surface area contributed by atoms with Crippen molar-refractivity contribution in [2.24, 2.45) is 5.10 Å². The number of halogens is 1. The van der Waals surface area contributed by atoms with Gasteiger partial charge in [0.25, 0.3) is 0 Å². The first kappa shape index (κ1) is 21.2. The number of hydrogen-bond acceptors (Lipinski definition) is 4. The number of rotatable bonds is 5. The van der Waals surface area contributed by atoms with E-state index < -0.39 is 0 Å². The molecular formula is C22H32BrN3O2. The molecule has 0 unspecified atom stereocenters. The zero-order valence-electron chi connectivity index (χ0n) is 16.8. The highest BCUT2D eigenvalue weighted by atomic mass is 79.9. The Morgan fingerprint density at radius 3 is 2.07 bits per heavy atom. The lowest BCUT2D eigenvalue weighted by atomic mass is 9.88. The SMILES string of the molecule is CCOC(=O)/C(=N/Nc1ccc(Br)cc1)N(C1CCCCC1)C1CCCCC1. The van der Waals surface area contributed by atoms with Crippen LogP contribution in [0.25, 0.3) is 0 Å². The Morgan fingerprint density at radius 1 is 1.04 bits per heavy atom. The number of esters is 1. The van der Waals surface area contributed by atoms with Crippen LogP contribution in [0.5, 0.6) is 0 Å². The maximum atomic E-state index is 12.9. The van der Waals surface area contributed by atoms with Crippen molar-refractivity contribution in [2.45, 2.75) is 83.2 Å². The van der Waals surface area contributed by atoms with E-state index in [4.69, 9.17) is 4.74 Å². The number of anilines is 1. The van der Waals surface area contributed by atoms with Gasteiger partial charge in [0.1, 0.15) is 0 Å². The maximum Gasteiger partial charge on any atom is 0.376 e. The van der Waals surface area contributed by atoms with Crippen molar-refractivity contribution in [3.63, 3.8) is 0 Å². The largest absolute Gasteiger partial charge is 0.460 e. The van der Waals surface area contributed by atoms with E-state index >= 15 is 0 Å². The first-order valence-electron chi connectivity index (χ1n) is 10.7. The van der Waals surface area contributed by atoms with Gasteiger partial charge in [0, 0.05) is 16.6 Å². The summed E-state index contributed by atoms with van der Waals surface area (Å²) >= 11 is 3.45. The predicted octanol–water partition coefficient (Wildman–Crippen LogP) is 5.71. The normalized spacial score (nSPS) is 19.3. The molecule has 1 aromatic rings. The lowest BCUT2D eigenvalue weighted by molar-refractivity contribution is -0.136. The van der Waals surface area contributed by atoms with E-state index in [2.05, 4.69) is 31.4 Å². The van der Waals surface area contributed by atoms with Crippen LogP contribution >= 0.6 is 15.9 Å². The molecule has 2 saturated carbocycles. The van der Waals surface area contributed by atoms with Crippen LogP contribution in [0.4, 0.5) is 5.69 Å². The lowest BCUT2D eigenvalue weighted by Gasteiger charge is -2.42. The lowest BCUT2D eigenvalue weighted by Crippen LogP contribution is -2.52. The summed E-state index contributed by atoms with van der Waals surface area (Å²) in [6.07, 6.45) is 12.0. The number of nitrogens with zero attached hydrogens (tertiary/aromatic N) is 2. The van der Waals surface area contributed by atoms with Crippen molar-refractivity contribution < 1.29 is 9.53 Å². The second kappa shape index (κ2) is 10.8. The molecule has 1 N–H and O–H groups in total. The maximum absolute atomic E-state index is 12.9. The Morgan fingerprint density at radius 2 is 1.57 bits per heavy atom. The quantitative estimate of drug-likeness (QED) is 0.270. The Kier molecular flexibility index (Phi) is 8.19. The molecule has 0 heterocycles. The summed E-state index contributed by atoms with van der Waals surface area (Å²) < 4.78 is 6.43. The Labute approximate surface area is 177 Å². The Balaban J connectivity index is 1.88. The number of hydrazone groups is 1. The molecule has 0 amide bonds. The van der Waals surface area contributed by atoms with Gasteiger partial charge in [0.05, 0.1) is 12.3 Å². The minimum Gasteiger partial charge on any atom is -0.460 e. The van der Waals surface area contributed by atoms with E-state index in [9.17, 15) is 4.79 Å². The fraction of sp³-hybridized carbons (Fsp3) is 0.636. The van der Waals surface area contributed by atoms with Gasteiger partial charge in [0.15, 0.2) is 0 Å². The topological polar surface area (TPSA) is 53.9 Å². The molecule has 2 aliphatic rings. The van der Waals surface area contributed by atoms with Crippen molar-refractivity contribution >= 4 is 33.4 Å². The number of carbonyl (C=O) groups excluding carboxylic acids is 1. The smallest absolute Gasteiger partial charge is 0.376 e. The van der Waals surface area contributed by atoms with Crippen LogP contribution in [0.15, 0.2) is 33.8 Å². The molecule has 154 valence electrons. The third-order valence-corrected chi connectivity index (χ3v) is 6.30. The number of benzene rings is 1. The Hall–Kier alpha value is -1.56. The van der Waals surface area contributed by atoms with Gasteiger partial charge >= 0.3 is 5.97 Å². The van der Waals surface area contributed by atoms with Crippen molar-refractivity contribution in [1.29, 1.82) is 0 Å². The molecule has 1 aromatic carbocycles. The third kappa shape index (κ3) is 5.72. The van der Waals surface area contributed by atoms with Crippen LogP contribution in [-0.4, -0.2) is 35.4 Å². The first-order valence-corrected chi connectivity index (χ1v) is 11.5. The first-order chi connectivity index (χ1) is 13.7. The summed E-state index contributed by atoms with van der Waals surface area (Å²) in [5.74, 6) is 0.131. The van der Waals surface area contributed by atoms with E-state index in [1.54, 1.807) is 0 Å². The average Bonchev–Trinajstić information content (AvgIpc) is 2.73. The molecule has 0 bridgehead atoms. The van der Waals surface area contributed by atoms with Gasteiger partial charge in [-0.25, -0.2) is 4.79 Å². The second-order valence-electron chi connectivity index (χ2n) is 7.77. The number of carbonyl (C=O) groups is 1. The predicted molar refractivity (Wildman–Crippen MR) is 117 cm³/mol. The van der Waals surface area contributed by atoms with Gasteiger partial charge < -0.3 is 9.64 Å². The molecule has 0 saturated heterocycles. The van der Waals surface area contributed by atoms with Crippen LogP contribution in [0, 0.1) is 0 Å². The van der Waals surface area contributed by atoms with Crippen LogP contribution in [0.1, 0.15) is 71.1 Å². The highest BCUT2D eigenvalue weighted by Crippen LogP contribution is 2.31. The van der Waals surface area contributed by atoms with Gasteiger partial charge in [-0.3, -0.25) is 5.43 Å². The van der Waals surface area contributed by atoms with Crippen molar-refractivity contribution in [3.8, 4) is 0 Å². The van der Waals surface area contributed by atoms with Crippen LogP contribution < -0.4 is 5.43 Å². The molecule has 5 nitrogen and oxygen atoms in total. The van der Waals surface area contributed by atoms with Crippen molar-refractivity contribution in [2.75, 3.05) is 12.0 Å². The highest BCUT2D eigenvalue weighted by molar-refractivity contribution is 9.10. The number of amidine groups is 1. The van der Waals surface area contributed by atoms with E-state index in [1.807, 2.05) is 31.2 Å². The molecule has 0 radical (unpaired) electrons. The van der Waals surface area contributed by atoms with Crippen LogP contribution in [0.2, 0.25) is 0 Å². The molecular weight excluding hydrogens is 418 g/mol. The summed E-state index contributed by atoms with van der Waals surface area (Å²) in [7, 11) is 0. The van der Waals surface area contributed by atoms with Gasteiger partial charge in [-0.05, 0) is 56.9 Å². The molecule has 0 aliphatic heterocycles. The summed E-state index contributed by atoms with van der Waals surface area (Å²) in [6, 6.07) is 8.58. The van der Waals surface area contributed by atoms with Crippen molar-refractivity contribution in [3.05, 3.63) is 28.7 Å². The molecule has 2 aliphatic carbocycles. The molecule has 28 heavy (non-hydrogen) atoms. The number of nitrogens with one attached hydrogen (secondary N) is 1.